The number of aryl methyl sites for hydroxylation is 4. The summed E-state index contributed by atoms with van der Waals surface area (Å²) in [5.74, 6) is 0.0157. The van der Waals surface area contributed by atoms with Gasteiger partial charge in [-0.1, -0.05) is 17.7 Å². The molecular formula is C17H23N3O. The Hall–Kier alpha value is -2.10. The fourth-order valence-corrected chi connectivity index (χ4v) is 2.60. The van der Waals surface area contributed by atoms with E-state index in [9.17, 15) is 4.79 Å². The number of carbonyl (C=O) groups excluding carboxylic acids is 1. The maximum atomic E-state index is 12.2. The number of nitrogens with zero attached hydrogens (tertiary/aromatic N) is 2. The van der Waals surface area contributed by atoms with E-state index in [1.54, 1.807) is 0 Å². The van der Waals surface area contributed by atoms with Crippen molar-refractivity contribution in [3.05, 3.63) is 46.8 Å². The molecule has 21 heavy (non-hydrogen) atoms. The van der Waals surface area contributed by atoms with Gasteiger partial charge in [-0.25, -0.2) is 0 Å². The van der Waals surface area contributed by atoms with Crippen molar-refractivity contribution >= 4 is 11.6 Å². The Bertz CT molecular complexity index is 658. The molecule has 0 saturated heterocycles. The molecule has 1 aromatic carbocycles. The molecule has 112 valence electrons. The highest BCUT2D eigenvalue weighted by Gasteiger charge is 2.14. The summed E-state index contributed by atoms with van der Waals surface area (Å²) in [7, 11) is 0. The van der Waals surface area contributed by atoms with Crippen LogP contribution in [0.15, 0.2) is 24.3 Å². The molecule has 2 rings (SSSR count). The lowest BCUT2D eigenvalue weighted by Gasteiger charge is -2.15. The van der Waals surface area contributed by atoms with Gasteiger partial charge in [0, 0.05) is 17.8 Å². The second-order valence-electron chi connectivity index (χ2n) is 5.79. The molecular weight excluding hydrogens is 262 g/mol. The molecule has 0 aliphatic rings. The summed E-state index contributed by atoms with van der Waals surface area (Å²) >= 11 is 0. The second kappa shape index (κ2) is 6.12. The first-order valence-corrected chi connectivity index (χ1v) is 7.26. The van der Waals surface area contributed by atoms with Gasteiger partial charge in [0.05, 0.1) is 11.7 Å². The third-order valence-electron chi connectivity index (χ3n) is 3.60. The summed E-state index contributed by atoms with van der Waals surface area (Å²) in [6, 6.07) is 8.10. The Labute approximate surface area is 126 Å². The maximum absolute atomic E-state index is 12.2. The number of hydrogen-bond donors (Lipinski definition) is 1. The summed E-state index contributed by atoms with van der Waals surface area (Å²) in [4.78, 5) is 12.2. The van der Waals surface area contributed by atoms with Crippen LogP contribution in [0.25, 0.3) is 0 Å². The first-order chi connectivity index (χ1) is 9.86. The fraction of sp³-hybridized carbons (Fsp3) is 0.412. The predicted octanol–water partition coefficient (Wildman–Crippen LogP) is 3.71. The molecule has 0 spiro atoms. The average molecular weight is 285 g/mol. The van der Waals surface area contributed by atoms with Crippen molar-refractivity contribution < 1.29 is 4.79 Å². The van der Waals surface area contributed by atoms with Crippen molar-refractivity contribution in [3.63, 3.8) is 0 Å². The first-order valence-electron chi connectivity index (χ1n) is 7.26. The van der Waals surface area contributed by atoms with Gasteiger partial charge in [0.25, 0.3) is 0 Å². The minimum absolute atomic E-state index is 0.0157. The van der Waals surface area contributed by atoms with Gasteiger partial charge in [0.15, 0.2) is 0 Å². The summed E-state index contributed by atoms with van der Waals surface area (Å²) in [6.07, 6.45) is 0.412. The molecule has 4 heteroatoms. The number of anilines is 1. The van der Waals surface area contributed by atoms with E-state index in [1.807, 2.05) is 57.5 Å². The van der Waals surface area contributed by atoms with Crippen molar-refractivity contribution in [1.82, 2.24) is 9.78 Å². The van der Waals surface area contributed by atoms with Crippen molar-refractivity contribution in [2.75, 3.05) is 5.32 Å². The van der Waals surface area contributed by atoms with Gasteiger partial charge in [-0.15, -0.1) is 0 Å². The van der Waals surface area contributed by atoms with Crippen LogP contribution in [0.4, 0.5) is 5.69 Å². The molecule has 0 fully saturated rings. The number of carbonyl (C=O) groups is 1. The van der Waals surface area contributed by atoms with E-state index in [1.165, 1.54) is 5.56 Å². The van der Waals surface area contributed by atoms with Crippen molar-refractivity contribution in [2.24, 2.45) is 0 Å². The smallest absolute Gasteiger partial charge is 0.226 e. The van der Waals surface area contributed by atoms with E-state index in [0.29, 0.717) is 6.42 Å². The Morgan fingerprint density at radius 1 is 1.24 bits per heavy atom. The Kier molecular flexibility index (Phi) is 4.46. The van der Waals surface area contributed by atoms with Crippen LogP contribution in [0, 0.1) is 27.7 Å². The van der Waals surface area contributed by atoms with Crippen LogP contribution in [-0.4, -0.2) is 15.7 Å². The topological polar surface area (TPSA) is 46.9 Å². The Balaban J connectivity index is 2.03. The lowest BCUT2D eigenvalue weighted by molar-refractivity contribution is -0.116. The molecule has 1 N–H and O–H groups in total. The third-order valence-corrected chi connectivity index (χ3v) is 3.60. The van der Waals surface area contributed by atoms with Gasteiger partial charge in [-0.2, -0.15) is 5.10 Å². The SMILES string of the molecule is Cc1ccc(NC(=O)C[C@H](C)n2nc(C)cc2C)c(C)c1. The Morgan fingerprint density at radius 3 is 2.52 bits per heavy atom. The van der Waals surface area contributed by atoms with E-state index in [0.717, 1.165) is 22.6 Å². The van der Waals surface area contributed by atoms with Crippen LogP contribution < -0.4 is 5.32 Å². The summed E-state index contributed by atoms with van der Waals surface area (Å²) < 4.78 is 1.91. The second-order valence-corrected chi connectivity index (χ2v) is 5.79. The molecule has 1 heterocycles. The quantitative estimate of drug-likeness (QED) is 0.931. The number of rotatable bonds is 4. The zero-order valence-corrected chi connectivity index (χ0v) is 13.4. The van der Waals surface area contributed by atoms with E-state index >= 15 is 0 Å². The number of nitrogens with one attached hydrogen (secondary N) is 1. The normalized spacial score (nSPS) is 12.2. The molecule has 0 aliphatic heterocycles. The molecule has 1 amide bonds. The molecule has 1 aromatic heterocycles. The lowest BCUT2D eigenvalue weighted by atomic mass is 10.1. The largest absolute Gasteiger partial charge is 0.326 e. The van der Waals surface area contributed by atoms with E-state index in [2.05, 4.69) is 16.5 Å². The lowest BCUT2D eigenvalue weighted by Crippen LogP contribution is -2.19. The van der Waals surface area contributed by atoms with Crippen molar-refractivity contribution in [1.29, 1.82) is 0 Å². The maximum Gasteiger partial charge on any atom is 0.226 e. The molecule has 1 atom stereocenters. The zero-order chi connectivity index (χ0) is 15.6. The van der Waals surface area contributed by atoms with Gasteiger partial charge in [0.1, 0.15) is 0 Å². The molecule has 0 bridgehead atoms. The number of hydrogen-bond acceptors (Lipinski definition) is 2. The van der Waals surface area contributed by atoms with Crippen LogP contribution >= 0.6 is 0 Å². The molecule has 0 saturated carbocycles. The number of aromatic nitrogens is 2. The highest BCUT2D eigenvalue weighted by molar-refractivity contribution is 5.91. The van der Waals surface area contributed by atoms with Crippen LogP contribution in [0.2, 0.25) is 0 Å². The van der Waals surface area contributed by atoms with Crippen LogP contribution in [0.5, 0.6) is 0 Å². The van der Waals surface area contributed by atoms with Crippen LogP contribution in [0.3, 0.4) is 0 Å². The predicted molar refractivity (Wildman–Crippen MR) is 85.6 cm³/mol. The van der Waals surface area contributed by atoms with Gasteiger partial charge in [-0.05, 0) is 52.3 Å². The summed E-state index contributed by atoms with van der Waals surface area (Å²) in [5, 5.41) is 7.42. The number of amides is 1. The average Bonchev–Trinajstić information content (AvgIpc) is 2.72. The minimum atomic E-state index is 0.0157. The van der Waals surface area contributed by atoms with Gasteiger partial charge in [0.2, 0.25) is 5.91 Å². The molecule has 0 radical (unpaired) electrons. The van der Waals surface area contributed by atoms with Gasteiger partial charge < -0.3 is 5.32 Å². The summed E-state index contributed by atoms with van der Waals surface area (Å²) in [6.45, 7) is 10.0. The Morgan fingerprint density at radius 2 is 1.95 bits per heavy atom. The monoisotopic (exact) mass is 285 g/mol. The molecule has 2 aromatic rings. The van der Waals surface area contributed by atoms with E-state index < -0.39 is 0 Å². The van der Waals surface area contributed by atoms with E-state index in [-0.39, 0.29) is 11.9 Å². The third kappa shape index (κ3) is 3.72. The first kappa shape index (κ1) is 15.3. The zero-order valence-electron chi connectivity index (χ0n) is 13.4. The van der Waals surface area contributed by atoms with Crippen LogP contribution in [-0.2, 0) is 4.79 Å². The van der Waals surface area contributed by atoms with Crippen LogP contribution in [0.1, 0.15) is 41.9 Å². The summed E-state index contributed by atoms with van der Waals surface area (Å²) in [5.41, 5.74) is 5.23. The van der Waals surface area contributed by atoms with E-state index in [4.69, 9.17) is 0 Å². The molecule has 4 nitrogen and oxygen atoms in total. The van der Waals surface area contributed by atoms with Gasteiger partial charge >= 0.3 is 0 Å². The van der Waals surface area contributed by atoms with Gasteiger partial charge in [-0.3, -0.25) is 9.48 Å². The number of benzene rings is 1. The molecule has 0 unspecified atom stereocenters. The highest BCUT2D eigenvalue weighted by atomic mass is 16.1. The minimum Gasteiger partial charge on any atom is -0.326 e. The van der Waals surface area contributed by atoms with Crippen molar-refractivity contribution in [3.8, 4) is 0 Å². The fourth-order valence-electron chi connectivity index (χ4n) is 2.60. The standard InChI is InChI=1S/C17H23N3O/c1-11-6-7-16(12(2)8-11)18-17(21)10-15(5)20-14(4)9-13(3)19-20/h6-9,15H,10H2,1-5H3,(H,18,21)/t15-/m0/s1. The molecule has 0 aliphatic carbocycles. The van der Waals surface area contributed by atoms with Crippen molar-refractivity contribution in [2.45, 2.75) is 47.1 Å². The highest BCUT2D eigenvalue weighted by Crippen LogP contribution is 2.19.